The summed E-state index contributed by atoms with van der Waals surface area (Å²) in [7, 11) is 1.95. The summed E-state index contributed by atoms with van der Waals surface area (Å²) in [6.07, 6.45) is 4.52. The molecule has 17 heavy (non-hydrogen) atoms. The number of pyridine rings is 1. The molecule has 0 saturated heterocycles. The lowest BCUT2D eigenvalue weighted by Gasteiger charge is -2.24. The van der Waals surface area contributed by atoms with Crippen molar-refractivity contribution in [2.75, 3.05) is 18.6 Å². The number of aliphatic hydroxyl groups is 1. The number of hydrogen-bond acceptors (Lipinski definition) is 4. The SMILES string of the molecule is CC(CO)N(C)c1ccc(CNC2CC2)cn1. The van der Waals surface area contributed by atoms with Gasteiger partial charge in [0.25, 0.3) is 0 Å². The molecule has 1 aromatic rings. The predicted octanol–water partition coefficient (Wildman–Crippen LogP) is 1.15. The lowest BCUT2D eigenvalue weighted by Crippen LogP contribution is -2.32. The third-order valence-corrected chi connectivity index (χ3v) is 3.27. The van der Waals surface area contributed by atoms with E-state index in [2.05, 4.69) is 16.4 Å². The summed E-state index contributed by atoms with van der Waals surface area (Å²) in [5.74, 6) is 0.904. The normalized spacial score (nSPS) is 16.9. The van der Waals surface area contributed by atoms with E-state index in [1.165, 1.54) is 18.4 Å². The monoisotopic (exact) mass is 235 g/mol. The van der Waals surface area contributed by atoms with E-state index in [0.29, 0.717) is 0 Å². The Morgan fingerprint density at radius 3 is 2.82 bits per heavy atom. The number of aliphatic hydroxyl groups excluding tert-OH is 1. The van der Waals surface area contributed by atoms with Gasteiger partial charge >= 0.3 is 0 Å². The quantitative estimate of drug-likeness (QED) is 0.776. The number of likely N-dealkylation sites (N-methyl/N-ethyl adjacent to an activating group) is 1. The van der Waals surface area contributed by atoms with Gasteiger partial charge < -0.3 is 15.3 Å². The first-order valence-electron chi connectivity index (χ1n) is 6.22. The molecule has 1 saturated carbocycles. The maximum absolute atomic E-state index is 9.09. The Morgan fingerprint density at radius 1 is 1.53 bits per heavy atom. The number of aromatic nitrogens is 1. The largest absolute Gasteiger partial charge is 0.394 e. The molecule has 0 aromatic carbocycles. The van der Waals surface area contributed by atoms with Crippen LogP contribution < -0.4 is 10.2 Å². The summed E-state index contributed by atoms with van der Waals surface area (Å²) in [5, 5.41) is 12.6. The molecule has 0 spiro atoms. The average molecular weight is 235 g/mol. The molecule has 1 unspecified atom stereocenters. The van der Waals surface area contributed by atoms with Gasteiger partial charge in [0.15, 0.2) is 0 Å². The van der Waals surface area contributed by atoms with Crippen LogP contribution in [0.1, 0.15) is 25.3 Å². The van der Waals surface area contributed by atoms with Gasteiger partial charge in [-0.3, -0.25) is 0 Å². The highest BCUT2D eigenvalue weighted by Gasteiger charge is 2.19. The number of hydrogen-bond donors (Lipinski definition) is 2. The Hall–Kier alpha value is -1.13. The summed E-state index contributed by atoms with van der Waals surface area (Å²) < 4.78 is 0. The van der Waals surface area contributed by atoms with E-state index in [1.807, 2.05) is 31.1 Å². The summed E-state index contributed by atoms with van der Waals surface area (Å²) in [6, 6.07) is 4.93. The Labute approximate surface area is 103 Å². The highest BCUT2D eigenvalue weighted by molar-refractivity contribution is 5.39. The van der Waals surface area contributed by atoms with Crippen molar-refractivity contribution in [3.05, 3.63) is 23.9 Å². The van der Waals surface area contributed by atoms with Crippen LogP contribution in [0.15, 0.2) is 18.3 Å². The van der Waals surface area contributed by atoms with Crippen LogP contribution in [0.2, 0.25) is 0 Å². The molecule has 1 aromatic heterocycles. The van der Waals surface area contributed by atoms with E-state index in [4.69, 9.17) is 5.11 Å². The topological polar surface area (TPSA) is 48.4 Å². The minimum Gasteiger partial charge on any atom is -0.394 e. The van der Waals surface area contributed by atoms with Crippen molar-refractivity contribution in [2.45, 2.75) is 38.4 Å². The maximum Gasteiger partial charge on any atom is 0.128 e. The van der Waals surface area contributed by atoms with Gasteiger partial charge in [0.1, 0.15) is 5.82 Å². The van der Waals surface area contributed by atoms with Crippen LogP contribution in [-0.2, 0) is 6.54 Å². The predicted molar refractivity (Wildman–Crippen MR) is 69.0 cm³/mol. The minimum absolute atomic E-state index is 0.0953. The zero-order valence-corrected chi connectivity index (χ0v) is 10.6. The zero-order chi connectivity index (χ0) is 12.3. The summed E-state index contributed by atoms with van der Waals surface area (Å²) in [4.78, 5) is 6.41. The van der Waals surface area contributed by atoms with Crippen LogP contribution in [0, 0.1) is 0 Å². The molecular formula is C13H21N3O. The van der Waals surface area contributed by atoms with Gasteiger partial charge in [0.2, 0.25) is 0 Å². The zero-order valence-electron chi connectivity index (χ0n) is 10.6. The van der Waals surface area contributed by atoms with Crippen molar-refractivity contribution < 1.29 is 5.11 Å². The molecule has 0 bridgehead atoms. The van der Waals surface area contributed by atoms with Crippen molar-refractivity contribution >= 4 is 5.82 Å². The van der Waals surface area contributed by atoms with E-state index >= 15 is 0 Å². The van der Waals surface area contributed by atoms with Crippen molar-refractivity contribution in [2.24, 2.45) is 0 Å². The number of nitrogens with zero attached hydrogens (tertiary/aromatic N) is 2. The summed E-state index contributed by atoms with van der Waals surface area (Å²) in [6.45, 7) is 3.02. The maximum atomic E-state index is 9.09. The fraction of sp³-hybridized carbons (Fsp3) is 0.615. The highest BCUT2D eigenvalue weighted by atomic mass is 16.3. The lowest BCUT2D eigenvalue weighted by atomic mass is 10.2. The number of nitrogens with one attached hydrogen (secondary N) is 1. The van der Waals surface area contributed by atoms with Crippen molar-refractivity contribution in [3.8, 4) is 0 Å². The first-order valence-corrected chi connectivity index (χ1v) is 6.22. The van der Waals surface area contributed by atoms with Gasteiger partial charge in [-0.1, -0.05) is 6.07 Å². The molecule has 1 heterocycles. The van der Waals surface area contributed by atoms with Crippen molar-refractivity contribution in [1.29, 1.82) is 0 Å². The van der Waals surface area contributed by atoms with Gasteiger partial charge in [-0.15, -0.1) is 0 Å². The van der Waals surface area contributed by atoms with Crippen LogP contribution in [-0.4, -0.2) is 35.8 Å². The van der Waals surface area contributed by atoms with Gasteiger partial charge in [0.05, 0.1) is 12.6 Å². The molecule has 4 heteroatoms. The van der Waals surface area contributed by atoms with Crippen LogP contribution in [0.25, 0.3) is 0 Å². The molecule has 1 fully saturated rings. The second kappa shape index (κ2) is 5.47. The standard InChI is InChI=1S/C13H21N3O/c1-10(9-17)16(2)13-6-3-11(8-15-13)7-14-12-4-5-12/h3,6,8,10,12,14,17H,4-5,7,9H2,1-2H3. The molecule has 1 aliphatic carbocycles. The number of rotatable bonds is 6. The number of anilines is 1. The Balaban J connectivity index is 1.91. The van der Waals surface area contributed by atoms with E-state index in [0.717, 1.165) is 18.4 Å². The first-order chi connectivity index (χ1) is 8.20. The van der Waals surface area contributed by atoms with Gasteiger partial charge in [-0.05, 0) is 31.4 Å². The molecule has 94 valence electrons. The second-order valence-electron chi connectivity index (χ2n) is 4.82. The lowest BCUT2D eigenvalue weighted by molar-refractivity contribution is 0.270. The minimum atomic E-state index is 0.0953. The second-order valence-corrected chi connectivity index (χ2v) is 4.82. The van der Waals surface area contributed by atoms with Gasteiger partial charge in [-0.2, -0.15) is 0 Å². The van der Waals surface area contributed by atoms with E-state index in [9.17, 15) is 0 Å². The van der Waals surface area contributed by atoms with Gasteiger partial charge in [-0.25, -0.2) is 4.98 Å². The van der Waals surface area contributed by atoms with Crippen LogP contribution in [0.5, 0.6) is 0 Å². The van der Waals surface area contributed by atoms with Gasteiger partial charge in [0, 0.05) is 25.8 Å². The first kappa shape index (κ1) is 12.3. The molecule has 1 atom stereocenters. The Bertz CT molecular complexity index is 348. The smallest absolute Gasteiger partial charge is 0.128 e. The van der Waals surface area contributed by atoms with E-state index < -0.39 is 0 Å². The van der Waals surface area contributed by atoms with Crippen molar-refractivity contribution in [1.82, 2.24) is 10.3 Å². The molecule has 0 aliphatic heterocycles. The summed E-state index contributed by atoms with van der Waals surface area (Å²) >= 11 is 0. The molecule has 2 N–H and O–H groups in total. The molecule has 0 radical (unpaired) electrons. The fourth-order valence-electron chi connectivity index (χ4n) is 1.63. The highest BCUT2D eigenvalue weighted by Crippen LogP contribution is 2.19. The molecule has 4 nitrogen and oxygen atoms in total. The third kappa shape index (κ3) is 3.41. The molecule has 0 amide bonds. The van der Waals surface area contributed by atoms with Crippen molar-refractivity contribution in [3.63, 3.8) is 0 Å². The Kier molecular flexibility index (Phi) is 3.97. The van der Waals surface area contributed by atoms with E-state index in [1.54, 1.807) is 0 Å². The average Bonchev–Trinajstić information content (AvgIpc) is 3.19. The van der Waals surface area contributed by atoms with Crippen LogP contribution in [0.4, 0.5) is 5.82 Å². The molecular weight excluding hydrogens is 214 g/mol. The van der Waals surface area contributed by atoms with E-state index in [-0.39, 0.29) is 12.6 Å². The van der Waals surface area contributed by atoms with Crippen LogP contribution >= 0.6 is 0 Å². The third-order valence-electron chi connectivity index (χ3n) is 3.27. The summed E-state index contributed by atoms with van der Waals surface area (Å²) in [5.41, 5.74) is 1.21. The fourth-order valence-corrected chi connectivity index (χ4v) is 1.63. The molecule has 1 aliphatic rings. The van der Waals surface area contributed by atoms with Crippen LogP contribution in [0.3, 0.4) is 0 Å². The molecule has 2 rings (SSSR count). The Morgan fingerprint density at radius 2 is 2.29 bits per heavy atom.